The molecule has 1 rings (SSSR count). The van der Waals surface area contributed by atoms with E-state index in [-0.39, 0.29) is 5.82 Å². The molecule has 17 heavy (non-hydrogen) atoms. The first-order chi connectivity index (χ1) is 7.62. The van der Waals surface area contributed by atoms with Crippen LogP contribution < -0.4 is 10.3 Å². The number of nitrogens with zero attached hydrogens (tertiary/aromatic N) is 1. The minimum Gasteiger partial charge on any atom is -0.324 e. The molecule has 0 aliphatic carbocycles. The standard InChI is InChI=1S/C7H12N2O6P2/c8-6-3-1-2-4-9(6)5-7(16(10,11)12)17(13,14)15/h1-4,7-8H,5H2,(H4,10,11,12,13,14,15)/p+1. The summed E-state index contributed by atoms with van der Waals surface area (Å²) in [7, 11) is -9.84. The van der Waals surface area contributed by atoms with Gasteiger partial charge in [-0.2, -0.15) is 0 Å². The summed E-state index contributed by atoms with van der Waals surface area (Å²) >= 11 is 0. The molecule has 0 amide bonds. The molecule has 0 aliphatic heterocycles. The van der Waals surface area contributed by atoms with Gasteiger partial charge in [-0.1, -0.05) is 6.07 Å². The highest BCUT2D eigenvalue weighted by Gasteiger charge is 2.45. The van der Waals surface area contributed by atoms with Gasteiger partial charge in [0, 0.05) is 6.07 Å². The maximum absolute atomic E-state index is 11.0. The normalized spacial score (nSPS) is 13.0. The predicted molar refractivity (Wildman–Crippen MR) is 58.9 cm³/mol. The van der Waals surface area contributed by atoms with Gasteiger partial charge in [0.1, 0.15) is 6.54 Å². The van der Waals surface area contributed by atoms with E-state index in [0.29, 0.717) is 0 Å². The van der Waals surface area contributed by atoms with Crippen LogP contribution in [0, 0.1) is 0 Å². The van der Waals surface area contributed by atoms with Gasteiger partial charge >= 0.3 is 15.2 Å². The van der Waals surface area contributed by atoms with Crippen molar-refractivity contribution in [1.29, 1.82) is 0 Å². The van der Waals surface area contributed by atoms with Gasteiger partial charge in [0.25, 0.3) is 5.82 Å². The second kappa shape index (κ2) is 4.86. The highest BCUT2D eigenvalue weighted by molar-refractivity contribution is 7.70. The van der Waals surface area contributed by atoms with Gasteiger partial charge in [0.15, 0.2) is 5.40 Å². The number of aromatic nitrogens is 1. The van der Waals surface area contributed by atoms with Crippen molar-refractivity contribution in [2.75, 3.05) is 5.73 Å². The van der Waals surface area contributed by atoms with Gasteiger partial charge in [-0.05, 0) is 6.07 Å². The molecular weight excluding hydrogens is 270 g/mol. The van der Waals surface area contributed by atoms with E-state index in [0.717, 1.165) is 0 Å². The van der Waals surface area contributed by atoms with Crippen LogP contribution in [0.4, 0.5) is 5.82 Å². The molecule has 0 saturated carbocycles. The summed E-state index contributed by atoms with van der Waals surface area (Å²) in [6, 6.07) is 4.58. The Hall–Kier alpha value is -0.750. The molecule has 1 aromatic heterocycles. The topological polar surface area (TPSA) is 145 Å². The van der Waals surface area contributed by atoms with Crippen LogP contribution >= 0.6 is 15.2 Å². The first-order valence-corrected chi connectivity index (χ1v) is 7.83. The van der Waals surface area contributed by atoms with Crippen LogP contribution in [0.3, 0.4) is 0 Å². The third-order valence-electron chi connectivity index (χ3n) is 2.11. The second-order valence-corrected chi connectivity index (χ2v) is 7.45. The van der Waals surface area contributed by atoms with E-state index in [9.17, 15) is 9.13 Å². The average Bonchev–Trinajstić information content (AvgIpc) is 2.12. The number of hydrogen-bond donors (Lipinski definition) is 5. The molecule has 0 radical (unpaired) electrons. The van der Waals surface area contributed by atoms with Crippen LogP contribution in [0.5, 0.6) is 0 Å². The van der Waals surface area contributed by atoms with E-state index in [1.165, 1.54) is 22.9 Å². The van der Waals surface area contributed by atoms with Gasteiger partial charge in [-0.3, -0.25) is 14.9 Å². The number of pyridine rings is 1. The molecule has 0 unspecified atom stereocenters. The fourth-order valence-corrected chi connectivity index (χ4v) is 3.59. The summed E-state index contributed by atoms with van der Waals surface area (Å²) in [5.41, 5.74) is 5.51. The Kier molecular flexibility index (Phi) is 4.09. The smallest absolute Gasteiger partial charge is 0.324 e. The fraction of sp³-hybridized carbons (Fsp3) is 0.286. The highest BCUT2D eigenvalue weighted by atomic mass is 31.2. The van der Waals surface area contributed by atoms with Crippen LogP contribution in [0.25, 0.3) is 0 Å². The molecule has 96 valence electrons. The zero-order valence-electron chi connectivity index (χ0n) is 8.62. The van der Waals surface area contributed by atoms with Crippen LogP contribution in [-0.2, 0) is 15.7 Å². The van der Waals surface area contributed by atoms with E-state index in [2.05, 4.69) is 0 Å². The maximum Gasteiger partial charge on any atom is 0.344 e. The predicted octanol–water partition coefficient (Wildman–Crippen LogP) is -0.762. The van der Waals surface area contributed by atoms with E-state index in [4.69, 9.17) is 25.3 Å². The molecule has 0 aromatic carbocycles. The lowest BCUT2D eigenvalue weighted by Crippen LogP contribution is -2.41. The van der Waals surface area contributed by atoms with Gasteiger partial charge in [0.05, 0.1) is 6.20 Å². The number of nitrogens with two attached hydrogens (primary N) is 1. The van der Waals surface area contributed by atoms with Crippen molar-refractivity contribution in [3.63, 3.8) is 0 Å². The lowest BCUT2D eigenvalue weighted by atomic mass is 10.4. The van der Waals surface area contributed by atoms with Crippen LogP contribution in [-0.4, -0.2) is 25.0 Å². The molecule has 0 saturated heterocycles. The van der Waals surface area contributed by atoms with Crippen LogP contribution in [0.2, 0.25) is 0 Å². The van der Waals surface area contributed by atoms with E-state index in [1.54, 1.807) is 6.07 Å². The lowest BCUT2D eigenvalue weighted by Gasteiger charge is -2.18. The molecule has 0 spiro atoms. The van der Waals surface area contributed by atoms with Crippen molar-refractivity contribution in [1.82, 2.24) is 0 Å². The zero-order valence-corrected chi connectivity index (χ0v) is 10.4. The Morgan fingerprint density at radius 3 is 2.12 bits per heavy atom. The third kappa shape index (κ3) is 3.89. The first-order valence-electron chi connectivity index (χ1n) is 4.47. The van der Waals surface area contributed by atoms with Crippen molar-refractivity contribution in [2.45, 2.75) is 11.9 Å². The van der Waals surface area contributed by atoms with Gasteiger partial charge in [-0.25, -0.2) is 4.57 Å². The third-order valence-corrected chi connectivity index (χ3v) is 5.80. The Balaban J connectivity index is 3.09. The average molecular weight is 283 g/mol. The molecule has 6 N–H and O–H groups in total. The summed E-state index contributed by atoms with van der Waals surface area (Å²) < 4.78 is 23.3. The monoisotopic (exact) mass is 283 g/mol. The summed E-state index contributed by atoms with van der Waals surface area (Å²) in [5.74, 6) is 0.152. The number of nitrogen functional groups attached to an aromatic ring is 1. The molecule has 1 aromatic rings. The molecule has 1 heterocycles. The number of rotatable bonds is 4. The second-order valence-electron chi connectivity index (χ2n) is 3.44. The molecule has 0 fully saturated rings. The summed E-state index contributed by atoms with van der Waals surface area (Å²) in [6.07, 6.45) is 1.38. The zero-order chi connectivity index (χ0) is 13.3. The fourth-order valence-electron chi connectivity index (χ4n) is 1.24. The largest absolute Gasteiger partial charge is 0.344 e. The van der Waals surface area contributed by atoms with E-state index in [1.807, 2.05) is 0 Å². The number of hydrogen-bond acceptors (Lipinski definition) is 3. The van der Waals surface area contributed by atoms with Gasteiger partial charge < -0.3 is 19.6 Å². The maximum atomic E-state index is 11.0. The minimum atomic E-state index is -4.92. The van der Waals surface area contributed by atoms with Crippen molar-refractivity contribution >= 4 is 21.0 Å². The van der Waals surface area contributed by atoms with Crippen molar-refractivity contribution in [3.8, 4) is 0 Å². The quantitative estimate of drug-likeness (QED) is 0.360. The summed E-state index contributed by atoms with van der Waals surface area (Å²) in [5, 5.41) is -2.09. The molecule has 0 atom stereocenters. The van der Waals surface area contributed by atoms with Gasteiger partial charge in [0.2, 0.25) is 0 Å². The minimum absolute atomic E-state index is 0.152. The molecular formula is C7H13N2O6P2+. The molecule has 8 nitrogen and oxygen atoms in total. The molecule has 10 heteroatoms. The van der Waals surface area contributed by atoms with Crippen LogP contribution in [0.1, 0.15) is 0 Å². The van der Waals surface area contributed by atoms with Gasteiger partial charge in [-0.15, -0.1) is 0 Å². The van der Waals surface area contributed by atoms with Crippen molar-refractivity contribution in [2.24, 2.45) is 0 Å². The SMILES string of the molecule is Nc1cccc[n+]1CC(P(=O)(O)O)P(=O)(O)O. The molecule has 0 aliphatic rings. The Morgan fingerprint density at radius 2 is 1.71 bits per heavy atom. The highest BCUT2D eigenvalue weighted by Crippen LogP contribution is 2.59. The Bertz CT molecular complexity index is 473. The lowest BCUT2D eigenvalue weighted by molar-refractivity contribution is -0.680. The van der Waals surface area contributed by atoms with E-state index < -0.39 is 27.1 Å². The first kappa shape index (κ1) is 14.3. The van der Waals surface area contributed by atoms with E-state index >= 15 is 0 Å². The molecule has 0 bridgehead atoms. The Labute approximate surface area is 97.0 Å². The Morgan fingerprint density at radius 1 is 1.18 bits per heavy atom. The summed E-state index contributed by atoms with van der Waals surface area (Å²) in [6.45, 7) is -0.554. The number of anilines is 1. The van der Waals surface area contributed by atoms with Crippen molar-refractivity contribution in [3.05, 3.63) is 24.4 Å². The van der Waals surface area contributed by atoms with Crippen LogP contribution in [0.15, 0.2) is 24.4 Å². The van der Waals surface area contributed by atoms with Crippen molar-refractivity contribution < 1.29 is 33.3 Å². The summed E-state index contributed by atoms with van der Waals surface area (Å²) in [4.78, 5) is 35.7.